The first-order valence-electron chi connectivity index (χ1n) is 8.82. The highest BCUT2D eigenvalue weighted by Crippen LogP contribution is 2.33. The van der Waals surface area contributed by atoms with E-state index in [1.165, 1.54) is 23.5 Å². The Morgan fingerprint density at radius 3 is 2.69 bits per heavy atom. The van der Waals surface area contributed by atoms with Crippen molar-refractivity contribution in [2.75, 3.05) is 25.5 Å². The predicted octanol–water partition coefficient (Wildman–Crippen LogP) is 4.69. The Balaban J connectivity index is 1.80. The fourth-order valence-electron chi connectivity index (χ4n) is 3.20. The lowest BCUT2D eigenvalue weighted by Gasteiger charge is -2.31. The summed E-state index contributed by atoms with van der Waals surface area (Å²) >= 11 is 18.1. The molecule has 1 N–H and O–H groups in total. The Bertz CT molecular complexity index is 1030. The van der Waals surface area contributed by atoms with E-state index < -0.39 is 15.9 Å². The van der Waals surface area contributed by atoms with Gasteiger partial charge in [0.1, 0.15) is 10.6 Å². The van der Waals surface area contributed by atoms with Crippen LogP contribution >= 0.6 is 34.8 Å². The van der Waals surface area contributed by atoms with Gasteiger partial charge in [0.05, 0.1) is 28.8 Å². The number of piperidine rings is 1. The Kier molecular flexibility index (Phi) is 6.96. The van der Waals surface area contributed by atoms with Crippen LogP contribution in [0.3, 0.4) is 0 Å². The molecule has 1 amide bonds. The summed E-state index contributed by atoms with van der Waals surface area (Å²) in [7, 11) is -2.49. The number of hydrogen-bond acceptors (Lipinski definition) is 4. The monoisotopic (exact) mass is 476 g/mol. The first kappa shape index (κ1) is 22.2. The SMILES string of the molecule is COc1ccc(Cl)cc1S(=O)(=O)N1CCC[C@H](C(=O)Nc2cccc(Cl)c2Cl)C1. The largest absolute Gasteiger partial charge is 0.495 e. The number of amides is 1. The van der Waals surface area contributed by atoms with Gasteiger partial charge in [0, 0.05) is 18.1 Å². The minimum atomic E-state index is -3.88. The van der Waals surface area contributed by atoms with E-state index in [4.69, 9.17) is 39.5 Å². The molecule has 1 saturated heterocycles. The summed E-state index contributed by atoms with van der Waals surface area (Å²) in [5, 5.41) is 3.59. The standard InChI is InChI=1S/C19H19Cl3N2O4S/c1-28-16-8-7-13(20)10-17(16)29(26,27)24-9-3-4-12(11-24)19(25)23-15-6-2-5-14(21)18(15)22/h2,5-8,10,12H,3-4,9,11H2,1H3,(H,23,25)/t12-/m0/s1. The second-order valence-corrected chi connectivity index (χ2v) is 9.72. The van der Waals surface area contributed by atoms with E-state index in [0.717, 1.165) is 0 Å². The van der Waals surface area contributed by atoms with Crippen molar-refractivity contribution in [3.05, 3.63) is 51.5 Å². The molecule has 29 heavy (non-hydrogen) atoms. The Labute approximate surface area is 184 Å². The number of sulfonamides is 1. The third kappa shape index (κ3) is 4.81. The summed E-state index contributed by atoms with van der Waals surface area (Å²) in [5.74, 6) is -0.641. The van der Waals surface area contributed by atoms with Gasteiger partial charge in [0.25, 0.3) is 0 Å². The molecule has 6 nitrogen and oxygen atoms in total. The highest BCUT2D eigenvalue weighted by Gasteiger charge is 2.35. The van der Waals surface area contributed by atoms with Crippen molar-refractivity contribution in [3.8, 4) is 5.75 Å². The number of rotatable bonds is 5. The number of benzene rings is 2. The van der Waals surface area contributed by atoms with Crippen LogP contribution in [0.1, 0.15) is 12.8 Å². The van der Waals surface area contributed by atoms with Crippen molar-refractivity contribution in [2.45, 2.75) is 17.7 Å². The van der Waals surface area contributed by atoms with Gasteiger partial charge in [-0.05, 0) is 43.2 Å². The molecule has 0 unspecified atom stereocenters. The fourth-order valence-corrected chi connectivity index (χ4v) is 5.49. The maximum atomic E-state index is 13.2. The van der Waals surface area contributed by atoms with Crippen LogP contribution in [0, 0.1) is 5.92 Å². The normalized spacial score (nSPS) is 17.7. The van der Waals surface area contributed by atoms with Gasteiger partial charge >= 0.3 is 0 Å². The predicted molar refractivity (Wildman–Crippen MR) is 115 cm³/mol. The van der Waals surface area contributed by atoms with Gasteiger partial charge in [0.2, 0.25) is 15.9 Å². The molecule has 0 radical (unpaired) electrons. The minimum absolute atomic E-state index is 0.0218. The van der Waals surface area contributed by atoms with Crippen molar-refractivity contribution >= 4 is 56.4 Å². The molecule has 1 aliphatic heterocycles. The number of ether oxygens (including phenoxy) is 1. The van der Waals surface area contributed by atoms with E-state index >= 15 is 0 Å². The van der Waals surface area contributed by atoms with Crippen molar-refractivity contribution < 1.29 is 17.9 Å². The number of carbonyl (C=O) groups excluding carboxylic acids is 1. The summed E-state index contributed by atoms with van der Waals surface area (Å²) in [4.78, 5) is 12.7. The summed E-state index contributed by atoms with van der Waals surface area (Å²) in [6, 6.07) is 9.34. The number of nitrogens with one attached hydrogen (secondary N) is 1. The molecule has 2 aromatic rings. The lowest BCUT2D eigenvalue weighted by Crippen LogP contribution is -2.43. The second-order valence-electron chi connectivity index (χ2n) is 6.59. The number of halogens is 3. The molecule has 1 heterocycles. The Morgan fingerprint density at radius 1 is 1.21 bits per heavy atom. The lowest BCUT2D eigenvalue weighted by atomic mass is 9.99. The van der Waals surface area contributed by atoms with E-state index in [1.807, 2.05) is 0 Å². The smallest absolute Gasteiger partial charge is 0.246 e. The van der Waals surface area contributed by atoms with Gasteiger partial charge in [-0.25, -0.2) is 8.42 Å². The van der Waals surface area contributed by atoms with Gasteiger partial charge in [-0.15, -0.1) is 0 Å². The summed E-state index contributed by atoms with van der Waals surface area (Å²) in [5.41, 5.74) is 0.389. The highest BCUT2D eigenvalue weighted by atomic mass is 35.5. The summed E-state index contributed by atoms with van der Waals surface area (Å²) in [6.07, 6.45) is 1.10. The average molecular weight is 478 g/mol. The zero-order chi connectivity index (χ0) is 21.2. The molecule has 1 aliphatic rings. The van der Waals surface area contributed by atoms with Gasteiger partial charge in [-0.1, -0.05) is 40.9 Å². The summed E-state index contributed by atoms with van der Waals surface area (Å²) in [6.45, 7) is 0.349. The molecule has 3 rings (SSSR count). The van der Waals surface area contributed by atoms with Crippen LogP contribution in [0.15, 0.2) is 41.3 Å². The minimum Gasteiger partial charge on any atom is -0.495 e. The Hall–Kier alpha value is -1.51. The van der Waals surface area contributed by atoms with E-state index in [0.29, 0.717) is 30.1 Å². The van der Waals surface area contributed by atoms with Gasteiger partial charge < -0.3 is 10.1 Å². The second kappa shape index (κ2) is 9.10. The summed E-state index contributed by atoms with van der Waals surface area (Å²) < 4.78 is 32.8. The topological polar surface area (TPSA) is 75.7 Å². The van der Waals surface area contributed by atoms with Crippen LogP contribution in [0.2, 0.25) is 15.1 Å². The zero-order valence-corrected chi connectivity index (χ0v) is 18.6. The first-order chi connectivity index (χ1) is 13.7. The molecule has 0 spiro atoms. The van der Waals surface area contributed by atoms with Crippen molar-refractivity contribution in [2.24, 2.45) is 5.92 Å². The van der Waals surface area contributed by atoms with Crippen molar-refractivity contribution in [1.29, 1.82) is 0 Å². The molecular weight excluding hydrogens is 459 g/mol. The van der Waals surface area contributed by atoms with Crippen LogP contribution in [0.5, 0.6) is 5.75 Å². The fraction of sp³-hybridized carbons (Fsp3) is 0.316. The lowest BCUT2D eigenvalue weighted by molar-refractivity contribution is -0.120. The van der Waals surface area contributed by atoms with E-state index in [9.17, 15) is 13.2 Å². The van der Waals surface area contributed by atoms with Crippen LogP contribution < -0.4 is 10.1 Å². The molecule has 2 aromatic carbocycles. The molecule has 0 saturated carbocycles. The molecule has 10 heteroatoms. The molecular formula is C19H19Cl3N2O4S. The number of hydrogen-bond donors (Lipinski definition) is 1. The molecule has 0 aromatic heterocycles. The van der Waals surface area contributed by atoms with Crippen molar-refractivity contribution in [3.63, 3.8) is 0 Å². The van der Waals surface area contributed by atoms with E-state index in [1.54, 1.807) is 24.3 Å². The maximum absolute atomic E-state index is 13.2. The van der Waals surface area contributed by atoms with Gasteiger partial charge in [-0.2, -0.15) is 4.31 Å². The first-order valence-corrected chi connectivity index (χ1v) is 11.4. The van der Waals surface area contributed by atoms with E-state index in [-0.39, 0.29) is 33.1 Å². The molecule has 1 atom stereocenters. The quantitative estimate of drug-likeness (QED) is 0.677. The van der Waals surface area contributed by atoms with Crippen LogP contribution in [0.25, 0.3) is 0 Å². The third-order valence-electron chi connectivity index (χ3n) is 4.71. The molecule has 156 valence electrons. The van der Waals surface area contributed by atoms with Crippen LogP contribution in [0.4, 0.5) is 5.69 Å². The molecule has 1 fully saturated rings. The van der Waals surface area contributed by atoms with Gasteiger partial charge in [-0.3, -0.25) is 4.79 Å². The maximum Gasteiger partial charge on any atom is 0.246 e. The van der Waals surface area contributed by atoms with Crippen molar-refractivity contribution in [1.82, 2.24) is 4.31 Å². The highest BCUT2D eigenvalue weighted by molar-refractivity contribution is 7.89. The molecule has 0 bridgehead atoms. The Morgan fingerprint density at radius 2 is 1.97 bits per heavy atom. The van der Waals surface area contributed by atoms with Crippen LogP contribution in [-0.2, 0) is 14.8 Å². The van der Waals surface area contributed by atoms with Gasteiger partial charge in [0.15, 0.2) is 0 Å². The number of carbonyl (C=O) groups is 1. The zero-order valence-electron chi connectivity index (χ0n) is 15.5. The van der Waals surface area contributed by atoms with E-state index in [2.05, 4.69) is 5.32 Å². The third-order valence-corrected chi connectivity index (χ3v) is 7.65. The molecule has 0 aliphatic carbocycles. The van der Waals surface area contributed by atoms with Crippen LogP contribution in [-0.4, -0.2) is 38.8 Å². The number of nitrogens with zero attached hydrogens (tertiary/aromatic N) is 1. The number of methoxy groups -OCH3 is 1. The number of anilines is 1. The average Bonchev–Trinajstić information content (AvgIpc) is 2.71.